The number of benzene rings is 1. The van der Waals surface area contributed by atoms with Crippen LogP contribution in [-0.2, 0) is 9.84 Å². The van der Waals surface area contributed by atoms with Gasteiger partial charge in [0.2, 0.25) is 0 Å². The number of hydrogen-bond donors (Lipinski definition) is 2. The zero-order chi connectivity index (χ0) is 15.3. The standard InChI is InChI=1S/C14H20N2O4S/c1-2-20-13-6-4-3-5-12(13)16-14(17)15-9-11-7-8-21(18,19)10-11/h3-6,11H,2,7-10H2,1H3,(H2,15,16,17). The number of rotatable bonds is 5. The van der Waals surface area contributed by atoms with E-state index in [9.17, 15) is 13.2 Å². The lowest BCUT2D eigenvalue weighted by Gasteiger charge is -2.13. The van der Waals surface area contributed by atoms with Gasteiger partial charge in [-0.05, 0) is 31.4 Å². The van der Waals surface area contributed by atoms with Gasteiger partial charge in [-0.15, -0.1) is 0 Å². The highest BCUT2D eigenvalue weighted by Crippen LogP contribution is 2.23. The van der Waals surface area contributed by atoms with Crippen molar-refractivity contribution in [3.8, 4) is 5.75 Å². The molecule has 0 radical (unpaired) electrons. The zero-order valence-corrected chi connectivity index (χ0v) is 12.8. The van der Waals surface area contributed by atoms with Crippen LogP contribution in [0.5, 0.6) is 5.75 Å². The number of hydrogen-bond acceptors (Lipinski definition) is 4. The Balaban J connectivity index is 1.85. The molecular weight excluding hydrogens is 292 g/mol. The lowest BCUT2D eigenvalue weighted by atomic mass is 10.1. The molecule has 0 saturated carbocycles. The lowest BCUT2D eigenvalue weighted by Crippen LogP contribution is -2.33. The van der Waals surface area contributed by atoms with E-state index in [1.54, 1.807) is 12.1 Å². The molecule has 1 atom stereocenters. The van der Waals surface area contributed by atoms with Crippen molar-refractivity contribution in [2.45, 2.75) is 13.3 Å². The lowest BCUT2D eigenvalue weighted by molar-refractivity contribution is 0.250. The second-order valence-corrected chi connectivity index (χ2v) is 7.26. The number of anilines is 1. The zero-order valence-electron chi connectivity index (χ0n) is 12.0. The summed E-state index contributed by atoms with van der Waals surface area (Å²) in [6.07, 6.45) is 0.609. The molecule has 0 spiro atoms. The molecule has 1 saturated heterocycles. The third kappa shape index (κ3) is 4.63. The first-order valence-electron chi connectivity index (χ1n) is 6.97. The van der Waals surface area contributed by atoms with Gasteiger partial charge in [0, 0.05) is 6.54 Å². The van der Waals surface area contributed by atoms with Crippen molar-refractivity contribution in [3.05, 3.63) is 24.3 Å². The Morgan fingerprint density at radius 3 is 2.81 bits per heavy atom. The summed E-state index contributed by atoms with van der Waals surface area (Å²) in [5, 5.41) is 5.43. The number of carbonyl (C=O) groups excluding carboxylic acids is 1. The van der Waals surface area contributed by atoms with Crippen LogP contribution < -0.4 is 15.4 Å². The fourth-order valence-electron chi connectivity index (χ4n) is 2.29. The van der Waals surface area contributed by atoms with E-state index in [0.29, 0.717) is 31.0 Å². The molecule has 0 aromatic heterocycles. The number of sulfone groups is 1. The van der Waals surface area contributed by atoms with Crippen LogP contribution in [0.25, 0.3) is 0 Å². The topological polar surface area (TPSA) is 84.5 Å². The predicted octanol–water partition coefficient (Wildman–Crippen LogP) is 1.64. The fourth-order valence-corrected chi connectivity index (χ4v) is 4.15. The monoisotopic (exact) mass is 312 g/mol. The Hall–Kier alpha value is -1.76. The van der Waals surface area contributed by atoms with Crippen LogP contribution in [0, 0.1) is 5.92 Å². The van der Waals surface area contributed by atoms with Crippen molar-refractivity contribution in [3.63, 3.8) is 0 Å². The SMILES string of the molecule is CCOc1ccccc1NC(=O)NCC1CCS(=O)(=O)C1. The number of nitrogens with one attached hydrogen (secondary N) is 2. The van der Waals surface area contributed by atoms with E-state index in [0.717, 1.165) is 0 Å². The Bertz CT molecular complexity index is 601. The predicted molar refractivity (Wildman–Crippen MR) is 81.4 cm³/mol. The number of ether oxygens (including phenoxy) is 1. The highest BCUT2D eigenvalue weighted by molar-refractivity contribution is 7.91. The summed E-state index contributed by atoms with van der Waals surface area (Å²) in [6, 6.07) is 6.82. The van der Waals surface area contributed by atoms with Gasteiger partial charge in [-0.25, -0.2) is 13.2 Å². The maximum atomic E-state index is 11.9. The van der Waals surface area contributed by atoms with Crippen molar-refractivity contribution in [1.29, 1.82) is 0 Å². The molecule has 1 aromatic rings. The Morgan fingerprint density at radius 2 is 2.14 bits per heavy atom. The summed E-state index contributed by atoms with van der Waals surface area (Å²) in [5.41, 5.74) is 0.593. The van der Waals surface area contributed by atoms with Crippen molar-refractivity contribution >= 4 is 21.6 Å². The number of amides is 2. The summed E-state index contributed by atoms with van der Waals surface area (Å²) >= 11 is 0. The van der Waals surface area contributed by atoms with Gasteiger partial charge >= 0.3 is 6.03 Å². The summed E-state index contributed by atoms with van der Waals surface area (Å²) in [4.78, 5) is 11.9. The largest absolute Gasteiger partial charge is 0.492 e. The minimum Gasteiger partial charge on any atom is -0.492 e. The van der Waals surface area contributed by atoms with Gasteiger partial charge < -0.3 is 15.4 Å². The van der Waals surface area contributed by atoms with E-state index >= 15 is 0 Å². The van der Waals surface area contributed by atoms with Crippen molar-refractivity contribution in [1.82, 2.24) is 5.32 Å². The van der Waals surface area contributed by atoms with E-state index in [-0.39, 0.29) is 23.5 Å². The fraction of sp³-hybridized carbons (Fsp3) is 0.500. The third-order valence-electron chi connectivity index (χ3n) is 3.31. The van der Waals surface area contributed by atoms with Gasteiger partial charge in [0.1, 0.15) is 5.75 Å². The molecule has 1 aliphatic rings. The maximum Gasteiger partial charge on any atom is 0.319 e. The van der Waals surface area contributed by atoms with E-state index in [2.05, 4.69) is 10.6 Å². The summed E-state index contributed by atoms with van der Waals surface area (Å²) in [7, 11) is -2.91. The normalized spacial score (nSPS) is 20.0. The maximum absolute atomic E-state index is 11.9. The third-order valence-corrected chi connectivity index (χ3v) is 5.15. The van der Waals surface area contributed by atoms with Gasteiger partial charge in [-0.1, -0.05) is 12.1 Å². The Morgan fingerprint density at radius 1 is 1.38 bits per heavy atom. The number of carbonyl (C=O) groups is 1. The van der Waals surface area contributed by atoms with Crippen molar-refractivity contribution < 1.29 is 17.9 Å². The van der Waals surface area contributed by atoms with E-state index < -0.39 is 9.84 Å². The van der Waals surface area contributed by atoms with Gasteiger partial charge in [0.05, 0.1) is 23.8 Å². The average molecular weight is 312 g/mol. The van der Waals surface area contributed by atoms with Crippen LogP contribution in [-0.4, -0.2) is 39.1 Å². The van der Waals surface area contributed by atoms with Gasteiger partial charge in [-0.2, -0.15) is 0 Å². The molecule has 2 amide bonds. The first-order chi connectivity index (χ1) is 10.00. The van der Waals surface area contributed by atoms with Crippen LogP contribution in [0.1, 0.15) is 13.3 Å². The molecule has 7 heteroatoms. The molecule has 0 bridgehead atoms. The van der Waals surface area contributed by atoms with Crippen LogP contribution in [0.3, 0.4) is 0 Å². The molecule has 2 N–H and O–H groups in total. The van der Waals surface area contributed by atoms with Crippen LogP contribution in [0.15, 0.2) is 24.3 Å². The highest BCUT2D eigenvalue weighted by atomic mass is 32.2. The molecule has 0 aliphatic carbocycles. The molecule has 1 heterocycles. The summed E-state index contributed by atoms with van der Waals surface area (Å²) in [6.45, 7) is 2.75. The van der Waals surface area contributed by atoms with Crippen LogP contribution in [0.4, 0.5) is 10.5 Å². The first kappa shape index (κ1) is 15.6. The first-order valence-corrected chi connectivity index (χ1v) is 8.79. The molecule has 1 aliphatic heterocycles. The molecule has 2 rings (SSSR count). The van der Waals surface area contributed by atoms with Crippen molar-refractivity contribution in [2.24, 2.45) is 5.92 Å². The minimum absolute atomic E-state index is 0.00267. The summed E-state index contributed by atoms with van der Waals surface area (Å²) < 4.78 is 28.1. The van der Waals surface area contributed by atoms with E-state index in [4.69, 9.17) is 4.74 Å². The smallest absolute Gasteiger partial charge is 0.319 e. The van der Waals surface area contributed by atoms with Gasteiger partial charge in [0.25, 0.3) is 0 Å². The molecule has 1 aromatic carbocycles. The van der Waals surface area contributed by atoms with Crippen molar-refractivity contribution in [2.75, 3.05) is 30.0 Å². The van der Waals surface area contributed by atoms with E-state index in [1.165, 1.54) is 0 Å². The molecule has 1 unspecified atom stereocenters. The summed E-state index contributed by atoms with van der Waals surface area (Å²) in [5.74, 6) is 0.984. The van der Waals surface area contributed by atoms with Gasteiger partial charge in [-0.3, -0.25) is 0 Å². The molecular formula is C14H20N2O4S. The van der Waals surface area contributed by atoms with Crippen LogP contribution in [0.2, 0.25) is 0 Å². The number of para-hydroxylation sites is 2. The molecule has 1 fully saturated rings. The highest BCUT2D eigenvalue weighted by Gasteiger charge is 2.27. The average Bonchev–Trinajstić information content (AvgIpc) is 2.79. The Kier molecular flexibility index (Phi) is 5.06. The molecule has 116 valence electrons. The Labute approximate surface area is 124 Å². The molecule has 6 nitrogen and oxygen atoms in total. The quantitative estimate of drug-likeness (QED) is 0.865. The van der Waals surface area contributed by atoms with Gasteiger partial charge in [0.15, 0.2) is 9.84 Å². The number of urea groups is 1. The molecule has 21 heavy (non-hydrogen) atoms. The second kappa shape index (κ2) is 6.80. The van der Waals surface area contributed by atoms with Crippen LogP contribution >= 0.6 is 0 Å². The minimum atomic E-state index is -2.91. The van der Waals surface area contributed by atoms with E-state index in [1.807, 2.05) is 19.1 Å². The second-order valence-electron chi connectivity index (χ2n) is 5.03.